The second kappa shape index (κ2) is 7.23. The number of amides is 2. The van der Waals surface area contributed by atoms with Crippen molar-refractivity contribution in [2.24, 2.45) is 4.99 Å². The number of anilines is 1. The zero-order chi connectivity index (χ0) is 18.8. The molecular weight excluding hydrogens is 340 g/mol. The summed E-state index contributed by atoms with van der Waals surface area (Å²) in [6.45, 7) is 3.51. The lowest BCUT2D eigenvalue weighted by molar-refractivity contribution is -0.123. The van der Waals surface area contributed by atoms with Gasteiger partial charge in [-0.05, 0) is 36.6 Å². The van der Waals surface area contributed by atoms with Crippen LogP contribution in [0.5, 0.6) is 0 Å². The van der Waals surface area contributed by atoms with Crippen molar-refractivity contribution in [1.82, 2.24) is 10.2 Å². The fraction of sp³-hybridized carbons (Fsp3) is 0.286. The van der Waals surface area contributed by atoms with E-state index in [1.807, 2.05) is 43.3 Å². The summed E-state index contributed by atoms with van der Waals surface area (Å²) in [4.78, 5) is 31.1. The Bertz CT molecular complexity index is 905. The number of aryl methyl sites for hydroxylation is 1. The molecule has 0 saturated heterocycles. The highest BCUT2D eigenvalue weighted by molar-refractivity contribution is 6.07. The van der Waals surface area contributed by atoms with E-state index in [9.17, 15) is 9.59 Å². The molecule has 2 aromatic carbocycles. The number of hydrogen-bond acceptors (Lipinski definition) is 4. The van der Waals surface area contributed by atoms with Crippen molar-refractivity contribution in [3.8, 4) is 0 Å². The number of hydrogen-bond donors (Lipinski definition) is 2. The van der Waals surface area contributed by atoms with Crippen LogP contribution in [0.1, 0.15) is 23.1 Å². The first-order chi connectivity index (χ1) is 13.1. The van der Waals surface area contributed by atoms with Crippen molar-refractivity contribution in [1.29, 1.82) is 0 Å². The molecule has 2 heterocycles. The Labute approximate surface area is 158 Å². The van der Waals surface area contributed by atoms with E-state index in [1.165, 1.54) is 11.1 Å². The Kier molecular flexibility index (Phi) is 4.62. The lowest BCUT2D eigenvalue weighted by Gasteiger charge is -2.29. The second-order valence-corrected chi connectivity index (χ2v) is 7.02. The molecule has 1 atom stereocenters. The van der Waals surface area contributed by atoms with Gasteiger partial charge in [0.2, 0.25) is 11.9 Å². The Morgan fingerprint density at radius 3 is 2.70 bits per heavy atom. The monoisotopic (exact) mass is 362 g/mol. The zero-order valence-electron chi connectivity index (χ0n) is 15.2. The van der Waals surface area contributed by atoms with Crippen LogP contribution in [-0.2, 0) is 22.6 Å². The zero-order valence-corrected chi connectivity index (χ0v) is 15.2. The van der Waals surface area contributed by atoms with Gasteiger partial charge in [0.25, 0.3) is 5.91 Å². The SMILES string of the molecule is Cc1ccc(NC(=O)C[C@H]2N=C(N3CCc4ccccc4C3)NC2=O)cc1. The number of nitrogens with one attached hydrogen (secondary N) is 2. The maximum Gasteiger partial charge on any atom is 0.252 e. The van der Waals surface area contributed by atoms with Gasteiger partial charge in [0.05, 0.1) is 6.42 Å². The van der Waals surface area contributed by atoms with Crippen molar-refractivity contribution < 1.29 is 9.59 Å². The highest BCUT2D eigenvalue weighted by atomic mass is 16.2. The third-order valence-corrected chi connectivity index (χ3v) is 4.96. The summed E-state index contributed by atoms with van der Waals surface area (Å²) in [7, 11) is 0. The fourth-order valence-electron chi connectivity index (χ4n) is 3.43. The summed E-state index contributed by atoms with van der Waals surface area (Å²) in [5.74, 6) is 0.138. The summed E-state index contributed by atoms with van der Waals surface area (Å²) in [6, 6.07) is 15.2. The van der Waals surface area contributed by atoms with Gasteiger partial charge in [0.15, 0.2) is 0 Å². The standard InChI is InChI=1S/C21H22N4O2/c1-14-6-8-17(9-7-14)22-19(26)12-18-20(27)24-21(23-18)25-11-10-15-4-2-3-5-16(15)13-25/h2-9,18H,10-13H2,1H3,(H,22,26)(H,23,24,27)/t18-/m1/s1. The first-order valence-electron chi connectivity index (χ1n) is 9.15. The van der Waals surface area contributed by atoms with Crippen LogP contribution in [0.4, 0.5) is 5.69 Å². The van der Waals surface area contributed by atoms with Crippen LogP contribution in [0.15, 0.2) is 53.5 Å². The molecule has 27 heavy (non-hydrogen) atoms. The fourth-order valence-corrected chi connectivity index (χ4v) is 3.43. The summed E-state index contributed by atoms with van der Waals surface area (Å²) >= 11 is 0. The highest BCUT2D eigenvalue weighted by Gasteiger charge is 2.32. The molecule has 0 bridgehead atoms. The number of fused-ring (bicyclic) bond motifs is 1. The van der Waals surface area contributed by atoms with Gasteiger partial charge >= 0.3 is 0 Å². The Morgan fingerprint density at radius 1 is 1.19 bits per heavy atom. The Balaban J connectivity index is 1.39. The van der Waals surface area contributed by atoms with Crippen LogP contribution < -0.4 is 10.6 Å². The van der Waals surface area contributed by atoms with Crippen LogP contribution in [0.3, 0.4) is 0 Å². The van der Waals surface area contributed by atoms with E-state index < -0.39 is 6.04 Å². The molecule has 2 amide bonds. The molecule has 0 aromatic heterocycles. The van der Waals surface area contributed by atoms with Crippen molar-refractivity contribution in [3.63, 3.8) is 0 Å². The van der Waals surface area contributed by atoms with Crippen LogP contribution in [0.25, 0.3) is 0 Å². The number of aliphatic imine (C=N–C) groups is 1. The van der Waals surface area contributed by atoms with E-state index in [0.717, 1.165) is 30.8 Å². The third-order valence-electron chi connectivity index (χ3n) is 4.96. The van der Waals surface area contributed by atoms with Gasteiger partial charge in [0, 0.05) is 18.8 Å². The number of carbonyl (C=O) groups excluding carboxylic acids is 2. The quantitative estimate of drug-likeness (QED) is 0.879. The van der Waals surface area contributed by atoms with E-state index in [0.29, 0.717) is 5.96 Å². The van der Waals surface area contributed by atoms with Crippen molar-refractivity contribution in [3.05, 3.63) is 65.2 Å². The molecule has 0 saturated carbocycles. The number of rotatable bonds is 3. The molecule has 6 heteroatoms. The van der Waals surface area contributed by atoms with E-state index in [2.05, 4.69) is 32.7 Å². The normalized spacial score (nSPS) is 18.6. The Hall–Kier alpha value is -3.15. The minimum atomic E-state index is -0.678. The molecule has 0 fully saturated rings. The van der Waals surface area contributed by atoms with Gasteiger partial charge in [-0.25, -0.2) is 4.99 Å². The van der Waals surface area contributed by atoms with E-state index in [1.54, 1.807) is 0 Å². The largest absolute Gasteiger partial charge is 0.338 e. The van der Waals surface area contributed by atoms with E-state index in [-0.39, 0.29) is 18.2 Å². The molecule has 4 rings (SSSR count). The molecule has 0 aliphatic carbocycles. The lowest BCUT2D eigenvalue weighted by atomic mass is 10.0. The maximum atomic E-state index is 12.3. The van der Waals surface area contributed by atoms with Gasteiger partial charge in [-0.3, -0.25) is 14.9 Å². The lowest BCUT2D eigenvalue weighted by Crippen LogP contribution is -2.43. The molecule has 2 aliphatic heterocycles. The van der Waals surface area contributed by atoms with E-state index >= 15 is 0 Å². The predicted molar refractivity (Wildman–Crippen MR) is 104 cm³/mol. The predicted octanol–water partition coefficient (Wildman–Crippen LogP) is 2.24. The molecule has 138 valence electrons. The number of guanidine groups is 1. The molecule has 2 N–H and O–H groups in total. The molecule has 2 aliphatic rings. The molecule has 2 aromatic rings. The average Bonchev–Trinajstić information content (AvgIpc) is 3.03. The minimum Gasteiger partial charge on any atom is -0.338 e. The summed E-state index contributed by atoms with van der Waals surface area (Å²) in [6.07, 6.45) is 0.956. The summed E-state index contributed by atoms with van der Waals surface area (Å²) < 4.78 is 0. The van der Waals surface area contributed by atoms with Crippen LogP contribution in [0, 0.1) is 6.92 Å². The number of benzene rings is 2. The maximum absolute atomic E-state index is 12.3. The Morgan fingerprint density at radius 2 is 1.93 bits per heavy atom. The van der Waals surface area contributed by atoms with Crippen molar-refractivity contribution in [2.45, 2.75) is 32.4 Å². The molecule has 0 unspecified atom stereocenters. The smallest absolute Gasteiger partial charge is 0.252 e. The topological polar surface area (TPSA) is 73.8 Å². The average molecular weight is 362 g/mol. The number of carbonyl (C=O) groups is 2. The second-order valence-electron chi connectivity index (χ2n) is 7.02. The summed E-state index contributed by atoms with van der Waals surface area (Å²) in [5.41, 5.74) is 4.44. The van der Waals surface area contributed by atoms with Crippen LogP contribution in [0.2, 0.25) is 0 Å². The van der Waals surface area contributed by atoms with E-state index in [4.69, 9.17) is 0 Å². The molecule has 0 radical (unpaired) electrons. The van der Waals surface area contributed by atoms with Gasteiger partial charge in [-0.15, -0.1) is 0 Å². The molecule has 6 nitrogen and oxygen atoms in total. The van der Waals surface area contributed by atoms with Gasteiger partial charge in [-0.2, -0.15) is 0 Å². The van der Waals surface area contributed by atoms with Crippen LogP contribution >= 0.6 is 0 Å². The molecule has 0 spiro atoms. The first kappa shape index (κ1) is 17.3. The highest BCUT2D eigenvalue weighted by Crippen LogP contribution is 2.20. The van der Waals surface area contributed by atoms with Gasteiger partial charge in [0.1, 0.15) is 6.04 Å². The first-order valence-corrected chi connectivity index (χ1v) is 9.15. The van der Waals surface area contributed by atoms with Crippen molar-refractivity contribution in [2.75, 3.05) is 11.9 Å². The molecular formula is C21H22N4O2. The van der Waals surface area contributed by atoms with Gasteiger partial charge < -0.3 is 10.2 Å². The van der Waals surface area contributed by atoms with Gasteiger partial charge in [-0.1, -0.05) is 42.0 Å². The van der Waals surface area contributed by atoms with Crippen molar-refractivity contribution >= 4 is 23.5 Å². The third kappa shape index (κ3) is 3.84. The van der Waals surface area contributed by atoms with Crippen LogP contribution in [-0.4, -0.2) is 35.3 Å². The number of nitrogens with zero attached hydrogens (tertiary/aromatic N) is 2. The summed E-state index contributed by atoms with van der Waals surface area (Å²) in [5, 5.41) is 5.66. The minimum absolute atomic E-state index is 0.0354.